The minimum Gasteiger partial charge on any atom is -0.310 e. The standard InChI is InChI=1S/C57H41N3S/c1-39(41-16-6-3-7-17-41)58-57(59-40(2)45-29-28-43-20-12-13-21-46(43)36-45)48-23-14-22-47(37-48)52-26-15-27-54-56(52)53-35-34-51(38-55(53)61-54)60(49-24-10-5-11-25-49)50-32-30-44(31-33-50)42-18-8-4-9-19-42/h3-38H,2H2,1H3. The summed E-state index contributed by atoms with van der Waals surface area (Å²) in [7, 11) is 0. The van der Waals surface area contributed by atoms with Crippen LogP contribution in [0.1, 0.15) is 23.6 Å². The number of amidine groups is 1. The van der Waals surface area contributed by atoms with Crippen LogP contribution in [-0.4, -0.2) is 11.5 Å². The van der Waals surface area contributed by atoms with Crippen LogP contribution in [-0.2, 0) is 0 Å². The van der Waals surface area contributed by atoms with Gasteiger partial charge in [-0.05, 0) is 100 Å². The summed E-state index contributed by atoms with van der Waals surface area (Å²) in [6, 6.07) is 77.1. The minimum atomic E-state index is 0.617. The number of anilines is 3. The number of aliphatic imine (C=N–C) groups is 2. The first-order chi connectivity index (χ1) is 30.1. The van der Waals surface area contributed by atoms with Crippen LogP contribution in [0.3, 0.4) is 0 Å². The second-order valence-corrected chi connectivity index (χ2v) is 16.2. The Balaban J connectivity index is 1.05. The molecule has 0 bridgehead atoms. The summed E-state index contributed by atoms with van der Waals surface area (Å²) in [6.45, 7) is 6.48. The Morgan fingerprint density at radius 2 is 1.07 bits per heavy atom. The van der Waals surface area contributed by atoms with Crippen molar-refractivity contribution >= 4 is 76.6 Å². The van der Waals surface area contributed by atoms with E-state index in [-0.39, 0.29) is 0 Å². The van der Waals surface area contributed by atoms with Crippen LogP contribution in [0.15, 0.2) is 235 Å². The average molecular weight is 800 g/mol. The molecule has 0 aliphatic carbocycles. The number of hydrogen-bond acceptors (Lipinski definition) is 3. The van der Waals surface area contributed by atoms with E-state index in [1.54, 1.807) is 0 Å². The first-order valence-electron chi connectivity index (χ1n) is 20.5. The highest BCUT2D eigenvalue weighted by molar-refractivity contribution is 7.26. The van der Waals surface area contributed by atoms with Crippen molar-refractivity contribution in [3.8, 4) is 22.3 Å². The van der Waals surface area contributed by atoms with Crippen LogP contribution >= 0.6 is 11.3 Å². The van der Waals surface area contributed by atoms with E-state index in [4.69, 9.17) is 9.98 Å². The Kier molecular flexibility index (Phi) is 10.2. The highest BCUT2D eigenvalue weighted by atomic mass is 32.1. The average Bonchev–Trinajstić information content (AvgIpc) is 3.71. The molecule has 0 aliphatic rings. The lowest BCUT2D eigenvalue weighted by atomic mass is 9.97. The third-order valence-corrected chi connectivity index (χ3v) is 12.3. The number of nitrogens with zero attached hydrogens (tertiary/aromatic N) is 3. The van der Waals surface area contributed by atoms with E-state index in [0.29, 0.717) is 11.5 Å². The Bertz CT molecular complexity index is 3250. The number of rotatable bonds is 9. The van der Waals surface area contributed by atoms with E-state index in [1.165, 1.54) is 42.2 Å². The Hall–Kier alpha value is -7.66. The molecular formula is C57H41N3S. The van der Waals surface area contributed by atoms with Gasteiger partial charge in [-0.25, -0.2) is 9.98 Å². The van der Waals surface area contributed by atoms with Gasteiger partial charge in [0.15, 0.2) is 5.84 Å². The molecule has 0 atom stereocenters. The Labute approximate surface area is 360 Å². The summed E-state index contributed by atoms with van der Waals surface area (Å²) in [6.07, 6.45) is 0. The SMILES string of the molecule is C=C(N=C(N=C(C)c1ccccc1)c1cccc(-c2cccc3sc4cc(N(c5ccccc5)c5ccc(-c6ccccc6)cc5)ccc4c23)c1)c1ccc2ccccc2c1. The highest BCUT2D eigenvalue weighted by Crippen LogP contribution is 2.44. The first kappa shape index (κ1) is 37.6. The molecule has 0 aliphatic heterocycles. The summed E-state index contributed by atoms with van der Waals surface area (Å²) in [4.78, 5) is 12.7. The van der Waals surface area contributed by atoms with Crippen LogP contribution in [0.5, 0.6) is 0 Å². The summed E-state index contributed by atoms with van der Waals surface area (Å²) in [5.41, 5.74) is 12.5. The van der Waals surface area contributed by atoms with Gasteiger partial charge in [0, 0.05) is 54.1 Å². The molecular weight excluding hydrogens is 759 g/mol. The Morgan fingerprint density at radius 3 is 1.85 bits per heavy atom. The Morgan fingerprint density at radius 1 is 0.443 bits per heavy atom. The monoisotopic (exact) mass is 799 g/mol. The third kappa shape index (κ3) is 7.69. The van der Waals surface area contributed by atoms with Gasteiger partial charge in [-0.1, -0.05) is 170 Å². The maximum Gasteiger partial charge on any atom is 0.160 e. The molecule has 10 aromatic rings. The molecule has 290 valence electrons. The quantitative estimate of drug-likeness (QED) is 0.106. The largest absolute Gasteiger partial charge is 0.310 e. The van der Waals surface area contributed by atoms with E-state index in [0.717, 1.165) is 50.4 Å². The highest BCUT2D eigenvalue weighted by Gasteiger charge is 2.17. The van der Waals surface area contributed by atoms with Gasteiger partial charge >= 0.3 is 0 Å². The van der Waals surface area contributed by atoms with Crippen molar-refractivity contribution in [2.45, 2.75) is 6.92 Å². The molecule has 0 saturated heterocycles. The van der Waals surface area contributed by atoms with Crippen molar-refractivity contribution in [1.82, 2.24) is 0 Å². The molecule has 9 aromatic carbocycles. The van der Waals surface area contributed by atoms with Gasteiger partial charge in [0.25, 0.3) is 0 Å². The fourth-order valence-corrected chi connectivity index (χ4v) is 9.26. The molecule has 0 fully saturated rings. The fourth-order valence-electron chi connectivity index (χ4n) is 8.10. The molecule has 1 aromatic heterocycles. The van der Waals surface area contributed by atoms with Crippen molar-refractivity contribution in [1.29, 1.82) is 0 Å². The summed E-state index contributed by atoms with van der Waals surface area (Å²) >= 11 is 1.83. The smallest absolute Gasteiger partial charge is 0.160 e. The molecule has 0 amide bonds. The number of benzene rings is 9. The van der Waals surface area contributed by atoms with Crippen molar-refractivity contribution in [3.05, 3.63) is 242 Å². The first-order valence-corrected chi connectivity index (χ1v) is 21.3. The number of fused-ring (bicyclic) bond motifs is 4. The number of thiophene rings is 1. The van der Waals surface area contributed by atoms with Crippen LogP contribution in [0, 0.1) is 0 Å². The lowest BCUT2D eigenvalue weighted by Gasteiger charge is -2.25. The van der Waals surface area contributed by atoms with Gasteiger partial charge in [-0.2, -0.15) is 0 Å². The second-order valence-electron chi connectivity index (χ2n) is 15.1. The zero-order valence-corrected chi connectivity index (χ0v) is 34.6. The van der Waals surface area contributed by atoms with Gasteiger partial charge < -0.3 is 4.90 Å². The van der Waals surface area contributed by atoms with Crippen molar-refractivity contribution in [2.75, 3.05) is 4.90 Å². The van der Waals surface area contributed by atoms with Gasteiger partial charge in [-0.15, -0.1) is 11.3 Å². The number of para-hydroxylation sites is 1. The molecule has 1 heterocycles. The van der Waals surface area contributed by atoms with Crippen molar-refractivity contribution < 1.29 is 0 Å². The summed E-state index contributed by atoms with van der Waals surface area (Å²) in [5, 5.41) is 4.81. The lowest BCUT2D eigenvalue weighted by Crippen LogP contribution is -2.09. The predicted molar refractivity (Wildman–Crippen MR) is 263 cm³/mol. The van der Waals surface area contributed by atoms with E-state index >= 15 is 0 Å². The molecule has 61 heavy (non-hydrogen) atoms. The van der Waals surface area contributed by atoms with Crippen LogP contribution in [0.25, 0.3) is 58.9 Å². The summed E-state index contributed by atoms with van der Waals surface area (Å²) in [5.74, 6) is 0.617. The topological polar surface area (TPSA) is 28.0 Å². The minimum absolute atomic E-state index is 0.617. The zero-order chi connectivity index (χ0) is 41.1. The van der Waals surface area contributed by atoms with Crippen LogP contribution in [0.2, 0.25) is 0 Å². The molecule has 10 rings (SSSR count). The van der Waals surface area contributed by atoms with E-state index in [1.807, 2.05) is 36.5 Å². The predicted octanol–water partition coefficient (Wildman–Crippen LogP) is 15.9. The summed E-state index contributed by atoms with van der Waals surface area (Å²) < 4.78 is 2.47. The molecule has 0 spiro atoms. The molecule has 0 radical (unpaired) electrons. The van der Waals surface area contributed by atoms with Gasteiger partial charge in [-0.3, -0.25) is 0 Å². The van der Waals surface area contributed by atoms with Crippen LogP contribution in [0.4, 0.5) is 17.1 Å². The zero-order valence-electron chi connectivity index (χ0n) is 33.7. The molecule has 0 unspecified atom stereocenters. The molecule has 0 saturated carbocycles. The molecule has 3 nitrogen and oxygen atoms in total. The van der Waals surface area contributed by atoms with Gasteiger partial charge in [0.05, 0.1) is 5.70 Å². The van der Waals surface area contributed by atoms with E-state index in [2.05, 4.69) is 212 Å². The maximum absolute atomic E-state index is 5.18. The fraction of sp³-hybridized carbons (Fsp3) is 0.0175. The second kappa shape index (κ2) is 16.5. The lowest BCUT2D eigenvalue weighted by molar-refractivity contribution is 1.29. The van der Waals surface area contributed by atoms with Gasteiger partial charge in [0.1, 0.15) is 0 Å². The number of hydrogen-bond donors (Lipinski definition) is 0. The third-order valence-electron chi connectivity index (χ3n) is 11.2. The van der Waals surface area contributed by atoms with Crippen molar-refractivity contribution in [3.63, 3.8) is 0 Å². The van der Waals surface area contributed by atoms with E-state index < -0.39 is 0 Å². The van der Waals surface area contributed by atoms with E-state index in [9.17, 15) is 0 Å². The maximum atomic E-state index is 5.18. The van der Waals surface area contributed by atoms with Gasteiger partial charge in [0.2, 0.25) is 0 Å². The van der Waals surface area contributed by atoms with Crippen molar-refractivity contribution in [2.24, 2.45) is 9.98 Å². The molecule has 0 N–H and O–H groups in total. The molecule has 4 heteroatoms. The van der Waals surface area contributed by atoms with Crippen LogP contribution < -0.4 is 4.90 Å². The normalized spacial score (nSPS) is 12.0.